The van der Waals surface area contributed by atoms with Crippen molar-refractivity contribution in [3.8, 4) is 0 Å². The number of nitrogen functional groups attached to an aromatic ring is 1. The maximum absolute atomic E-state index is 12.9. The van der Waals surface area contributed by atoms with Crippen molar-refractivity contribution in [2.75, 3.05) is 30.3 Å². The Morgan fingerprint density at radius 3 is 2.75 bits per heavy atom. The molecule has 9 nitrogen and oxygen atoms in total. The second-order valence-corrected chi connectivity index (χ2v) is 9.65. The molecule has 10 heteroatoms. The highest BCUT2D eigenvalue weighted by atomic mass is 32.2. The van der Waals surface area contributed by atoms with Gasteiger partial charge in [-0.3, -0.25) is 14.7 Å². The molecule has 2 aromatic rings. The topological polar surface area (TPSA) is 114 Å². The molecule has 2 atom stereocenters. The van der Waals surface area contributed by atoms with Gasteiger partial charge in [0.05, 0.1) is 23.2 Å². The van der Waals surface area contributed by atoms with Crippen LogP contribution in [-0.2, 0) is 27.7 Å². The van der Waals surface area contributed by atoms with Gasteiger partial charge in [0.15, 0.2) is 9.84 Å². The molecule has 4 heterocycles. The van der Waals surface area contributed by atoms with Crippen LogP contribution in [0.4, 0.5) is 5.82 Å². The summed E-state index contributed by atoms with van der Waals surface area (Å²) >= 11 is 0. The van der Waals surface area contributed by atoms with Crippen molar-refractivity contribution < 1.29 is 13.2 Å². The molecule has 2 aliphatic heterocycles. The first-order chi connectivity index (χ1) is 13.3. The largest absolute Gasteiger partial charge is 0.384 e. The Morgan fingerprint density at radius 1 is 1.29 bits per heavy atom. The molecule has 0 saturated carbocycles. The highest BCUT2D eigenvalue weighted by molar-refractivity contribution is 7.91. The van der Waals surface area contributed by atoms with Gasteiger partial charge in [-0.15, -0.1) is 0 Å². The van der Waals surface area contributed by atoms with Gasteiger partial charge in [-0.2, -0.15) is 5.10 Å². The van der Waals surface area contributed by atoms with E-state index in [0.717, 1.165) is 11.3 Å². The summed E-state index contributed by atoms with van der Waals surface area (Å²) in [5, 5.41) is 4.24. The molecule has 0 unspecified atom stereocenters. The second-order valence-electron chi connectivity index (χ2n) is 7.50. The van der Waals surface area contributed by atoms with Crippen molar-refractivity contribution in [3.63, 3.8) is 0 Å². The maximum atomic E-state index is 12.9. The standard InChI is InChI=1S/C18H24N6O3S/c1-13-7-17(19)24(21-13)10-18(25)23-6-5-22(9-14-3-2-4-20-8-14)15-11-28(26,27)12-16(15)23/h2-4,7-8,15-16H,5-6,9-12,19H2,1H3/t15-,16+/m1/s1. The number of carbonyl (C=O) groups is 1. The number of anilines is 1. The SMILES string of the molecule is Cc1cc(N)n(CC(=O)N2CCN(Cc3cccnc3)[C@@H]3CS(=O)(=O)C[C@@H]32)n1. The maximum Gasteiger partial charge on any atom is 0.244 e. The molecule has 2 N–H and O–H groups in total. The van der Waals surface area contributed by atoms with Crippen LogP contribution < -0.4 is 5.73 Å². The lowest BCUT2D eigenvalue weighted by Gasteiger charge is -2.44. The Balaban J connectivity index is 1.53. The van der Waals surface area contributed by atoms with Crippen LogP contribution in [0.25, 0.3) is 0 Å². The van der Waals surface area contributed by atoms with Gasteiger partial charge in [-0.05, 0) is 18.6 Å². The summed E-state index contributed by atoms with van der Waals surface area (Å²) in [6, 6.07) is 5.00. The summed E-state index contributed by atoms with van der Waals surface area (Å²) in [6.07, 6.45) is 3.50. The summed E-state index contributed by atoms with van der Waals surface area (Å²) in [4.78, 5) is 20.9. The zero-order chi connectivity index (χ0) is 19.9. The van der Waals surface area contributed by atoms with Crippen molar-refractivity contribution in [2.24, 2.45) is 0 Å². The lowest BCUT2D eigenvalue weighted by molar-refractivity contribution is -0.138. The third-order valence-corrected chi connectivity index (χ3v) is 7.14. The number of pyridine rings is 1. The van der Waals surface area contributed by atoms with E-state index in [1.165, 1.54) is 4.68 Å². The molecule has 2 fully saturated rings. The summed E-state index contributed by atoms with van der Waals surface area (Å²) in [6.45, 7) is 3.55. The highest BCUT2D eigenvalue weighted by Crippen LogP contribution is 2.28. The summed E-state index contributed by atoms with van der Waals surface area (Å²) in [5.74, 6) is 0.352. The molecule has 2 saturated heterocycles. The van der Waals surface area contributed by atoms with Crippen molar-refractivity contribution in [2.45, 2.75) is 32.1 Å². The van der Waals surface area contributed by atoms with E-state index in [2.05, 4.69) is 15.0 Å². The van der Waals surface area contributed by atoms with Crippen LogP contribution in [0.2, 0.25) is 0 Å². The number of aromatic nitrogens is 3. The van der Waals surface area contributed by atoms with E-state index >= 15 is 0 Å². The summed E-state index contributed by atoms with van der Waals surface area (Å²) in [5.41, 5.74) is 7.67. The molecular formula is C18H24N6O3S. The van der Waals surface area contributed by atoms with Gasteiger partial charge in [-0.25, -0.2) is 13.1 Å². The van der Waals surface area contributed by atoms with E-state index in [1.54, 1.807) is 23.4 Å². The first-order valence-corrected chi connectivity index (χ1v) is 11.1. The predicted molar refractivity (Wildman–Crippen MR) is 104 cm³/mol. The van der Waals surface area contributed by atoms with Crippen molar-refractivity contribution in [1.29, 1.82) is 0 Å². The quantitative estimate of drug-likeness (QED) is 0.743. The van der Waals surface area contributed by atoms with E-state index in [-0.39, 0.29) is 36.0 Å². The minimum absolute atomic E-state index is 0.000559. The summed E-state index contributed by atoms with van der Waals surface area (Å²) in [7, 11) is -3.20. The van der Waals surface area contributed by atoms with Gasteiger partial charge in [-0.1, -0.05) is 6.07 Å². The molecule has 0 bridgehead atoms. The molecule has 2 aromatic heterocycles. The number of sulfone groups is 1. The van der Waals surface area contributed by atoms with Crippen LogP contribution >= 0.6 is 0 Å². The molecule has 28 heavy (non-hydrogen) atoms. The fraction of sp³-hybridized carbons (Fsp3) is 0.500. The summed E-state index contributed by atoms with van der Waals surface area (Å²) < 4.78 is 26.2. The Kier molecular flexibility index (Phi) is 4.84. The number of hydrogen-bond donors (Lipinski definition) is 1. The molecule has 150 valence electrons. The van der Waals surface area contributed by atoms with Gasteiger partial charge < -0.3 is 10.6 Å². The minimum Gasteiger partial charge on any atom is -0.384 e. The van der Waals surface area contributed by atoms with Gasteiger partial charge in [0, 0.05) is 44.1 Å². The predicted octanol–water partition coefficient (Wildman–Crippen LogP) is -0.321. The normalized spacial score (nSPS) is 24.2. The zero-order valence-electron chi connectivity index (χ0n) is 15.7. The van der Waals surface area contributed by atoms with Crippen molar-refractivity contribution in [1.82, 2.24) is 24.6 Å². The number of piperazine rings is 1. The lowest BCUT2D eigenvalue weighted by Crippen LogP contribution is -2.60. The van der Waals surface area contributed by atoms with Crippen LogP contribution in [0.1, 0.15) is 11.3 Å². The molecule has 1 amide bonds. The number of fused-ring (bicyclic) bond motifs is 1. The first kappa shape index (κ1) is 18.9. The average Bonchev–Trinajstić information content (AvgIpc) is 3.13. The Bertz CT molecular complexity index is 974. The molecule has 2 aliphatic rings. The average molecular weight is 404 g/mol. The number of hydrogen-bond acceptors (Lipinski definition) is 7. The number of aryl methyl sites for hydroxylation is 1. The van der Waals surface area contributed by atoms with E-state index in [1.807, 2.05) is 19.1 Å². The third-order valence-electron chi connectivity index (χ3n) is 5.44. The lowest BCUT2D eigenvalue weighted by atomic mass is 10.0. The molecule has 0 aliphatic carbocycles. The van der Waals surface area contributed by atoms with E-state index < -0.39 is 9.84 Å². The molecule has 0 aromatic carbocycles. The number of carbonyl (C=O) groups excluding carboxylic acids is 1. The highest BCUT2D eigenvalue weighted by Gasteiger charge is 2.47. The Labute approximate surface area is 164 Å². The fourth-order valence-corrected chi connectivity index (χ4v) is 6.18. The van der Waals surface area contributed by atoms with Gasteiger partial charge in [0.2, 0.25) is 5.91 Å². The zero-order valence-corrected chi connectivity index (χ0v) is 16.5. The van der Waals surface area contributed by atoms with Gasteiger partial charge >= 0.3 is 0 Å². The second kappa shape index (κ2) is 7.17. The third kappa shape index (κ3) is 3.74. The van der Waals surface area contributed by atoms with Gasteiger partial charge in [0.1, 0.15) is 12.4 Å². The van der Waals surface area contributed by atoms with Crippen LogP contribution in [0.15, 0.2) is 30.6 Å². The van der Waals surface area contributed by atoms with Crippen molar-refractivity contribution in [3.05, 3.63) is 41.9 Å². The van der Waals surface area contributed by atoms with E-state index in [4.69, 9.17) is 5.73 Å². The molecule has 4 rings (SSSR count). The van der Waals surface area contributed by atoms with Crippen LogP contribution in [-0.4, -0.2) is 75.6 Å². The number of nitrogens with two attached hydrogens (primary N) is 1. The first-order valence-electron chi connectivity index (χ1n) is 9.25. The van der Waals surface area contributed by atoms with Crippen LogP contribution in [0.5, 0.6) is 0 Å². The van der Waals surface area contributed by atoms with Crippen LogP contribution in [0, 0.1) is 6.92 Å². The molecular weight excluding hydrogens is 380 g/mol. The van der Waals surface area contributed by atoms with Crippen LogP contribution in [0.3, 0.4) is 0 Å². The number of amides is 1. The smallest absolute Gasteiger partial charge is 0.244 e. The molecule has 0 radical (unpaired) electrons. The van der Waals surface area contributed by atoms with E-state index in [0.29, 0.717) is 25.5 Å². The Hall–Kier alpha value is -2.46. The molecule has 0 spiro atoms. The number of nitrogens with zero attached hydrogens (tertiary/aromatic N) is 5. The van der Waals surface area contributed by atoms with Gasteiger partial charge in [0.25, 0.3) is 0 Å². The minimum atomic E-state index is -3.20. The Morgan fingerprint density at radius 2 is 2.07 bits per heavy atom. The fourth-order valence-electron chi connectivity index (χ4n) is 4.17. The van der Waals surface area contributed by atoms with Crippen molar-refractivity contribution >= 4 is 21.6 Å². The monoisotopic (exact) mass is 404 g/mol. The van der Waals surface area contributed by atoms with E-state index in [9.17, 15) is 13.2 Å². The number of rotatable bonds is 4.